The molecule has 2 aliphatic heterocycles. The normalized spacial score (nSPS) is 14.6. The first-order valence-electron chi connectivity index (χ1n) is 11.2. The fourth-order valence-electron chi connectivity index (χ4n) is 3.69. The monoisotopic (exact) mass is 657 g/mol. The Kier molecular flexibility index (Phi) is 7.40. The number of nitrogens with zero attached hydrogens (tertiary/aromatic N) is 1. The topological polar surface area (TPSA) is 119 Å². The molecule has 198 valence electrons. The molecule has 39 heavy (non-hydrogen) atoms. The number of benzene rings is 3. The Hall–Kier alpha value is -4.16. The van der Waals surface area contributed by atoms with Gasteiger partial charge in [0.05, 0.1) is 17.1 Å². The van der Waals surface area contributed by atoms with Crippen molar-refractivity contribution in [1.82, 2.24) is 0 Å². The van der Waals surface area contributed by atoms with Gasteiger partial charge < -0.3 is 28.4 Å². The molecule has 0 aliphatic carbocycles. The largest absolute Gasteiger partial charge is 0.493 e. The number of hydrogen-bond donors (Lipinski definition) is 0. The Bertz CT molecular complexity index is 1600. The summed E-state index contributed by atoms with van der Waals surface area (Å²) in [6.45, 7) is 1.35. The molecule has 2 aliphatic rings. The molecular formula is C27H17Br2NO9. The highest BCUT2D eigenvalue weighted by atomic mass is 79.9. The molecule has 0 bridgehead atoms. The maximum absolute atomic E-state index is 13.0. The Morgan fingerprint density at radius 2 is 1.77 bits per heavy atom. The van der Waals surface area contributed by atoms with Crippen molar-refractivity contribution >= 4 is 61.7 Å². The maximum atomic E-state index is 13.0. The number of carbonyl (C=O) groups is 3. The second-order valence-electron chi connectivity index (χ2n) is 8.06. The van der Waals surface area contributed by atoms with Crippen LogP contribution in [-0.4, -0.2) is 37.7 Å². The highest BCUT2D eigenvalue weighted by molar-refractivity contribution is 9.11. The number of methoxy groups -OCH3 is 1. The minimum Gasteiger partial charge on any atom is -0.493 e. The maximum Gasteiger partial charge on any atom is 0.363 e. The first-order valence-corrected chi connectivity index (χ1v) is 12.8. The van der Waals surface area contributed by atoms with Crippen LogP contribution < -0.4 is 23.7 Å². The Labute approximate surface area is 238 Å². The lowest BCUT2D eigenvalue weighted by molar-refractivity contribution is -0.132. The van der Waals surface area contributed by atoms with E-state index in [0.717, 1.165) is 0 Å². The molecule has 0 radical (unpaired) electrons. The van der Waals surface area contributed by atoms with E-state index in [2.05, 4.69) is 36.9 Å². The molecule has 3 aromatic rings. The molecule has 0 saturated heterocycles. The van der Waals surface area contributed by atoms with Crippen molar-refractivity contribution in [3.8, 4) is 28.7 Å². The zero-order valence-electron chi connectivity index (χ0n) is 20.3. The van der Waals surface area contributed by atoms with Crippen molar-refractivity contribution < 1.29 is 42.8 Å². The molecule has 0 atom stereocenters. The zero-order chi connectivity index (χ0) is 27.7. The highest BCUT2D eigenvalue weighted by Crippen LogP contribution is 2.37. The number of halogens is 2. The van der Waals surface area contributed by atoms with Crippen molar-refractivity contribution in [2.75, 3.05) is 13.9 Å². The predicted molar refractivity (Wildman–Crippen MR) is 144 cm³/mol. The number of rotatable bonds is 6. The summed E-state index contributed by atoms with van der Waals surface area (Å²) in [5.74, 6) is -0.236. The van der Waals surface area contributed by atoms with E-state index < -0.39 is 17.9 Å². The Morgan fingerprint density at radius 1 is 0.974 bits per heavy atom. The van der Waals surface area contributed by atoms with Crippen LogP contribution in [0.4, 0.5) is 0 Å². The number of cyclic esters (lactones) is 1. The summed E-state index contributed by atoms with van der Waals surface area (Å²) < 4.78 is 33.2. The average molecular weight is 659 g/mol. The first kappa shape index (κ1) is 26.4. The lowest BCUT2D eigenvalue weighted by Crippen LogP contribution is -2.10. The van der Waals surface area contributed by atoms with E-state index in [4.69, 9.17) is 28.4 Å². The van der Waals surface area contributed by atoms with Crippen LogP contribution in [0.25, 0.3) is 6.08 Å². The van der Waals surface area contributed by atoms with Crippen molar-refractivity contribution in [2.45, 2.75) is 6.92 Å². The van der Waals surface area contributed by atoms with Gasteiger partial charge in [0.1, 0.15) is 0 Å². The summed E-state index contributed by atoms with van der Waals surface area (Å²) in [5.41, 5.74) is 1.02. The quantitative estimate of drug-likeness (QED) is 0.194. The van der Waals surface area contributed by atoms with Gasteiger partial charge in [0.2, 0.25) is 12.7 Å². The number of esters is 3. The summed E-state index contributed by atoms with van der Waals surface area (Å²) in [5, 5.41) is 0. The molecule has 0 fully saturated rings. The van der Waals surface area contributed by atoms with E-state index in [1.54, 1.807) is 30.3 Å². The van der Waals surface area contributed by atoms with Gasteiger partial charge in [-0.2, -0.15) is 0 Å². The molecule has 3 aromatic carbocycles. The number of carbonyl (C=O) groups excluding carboxylic acids is 3. The van der Waals surface area contributed by atoms with Crippen LogP contribution in [0, 0.1) is 0 Å². The van der Waals surface area contributed by atoms with Gasteiger partial charge >= 0.3 is 17.9 Å². The van der Waals surface area contributed by atoms with E-state index in [9.17, 15) is 14.4 Å². The second kappa shape index (κ2) is 10.9. The van der Waals surface area contributed by atoms with Crippen molar-refractivity contribution in [2.24, 2.45) is 4.99 Å². The number of aliphatic imine (C=N–C) groups is 1. The molecule has 2 heterocycles. The van der Waals surface area contributed by atoms with Crippen molar-refractivity contribution in [1.29, 1.82) is 0 Å². The zero-order valence-corrected chi connectivity index (χ0v) is 23.5. The average Bonchev–Trinajstić information content (AvgIpc) is 3.51. The van der Waals surface area contributed by atoms with Gasteiger partial charge in [-0.15, -0.1) is 0 Å². The van der Waals surface area contributed by atoms with Crippen LogP contribution in [-0.2, 0) is 14.3 Å². The van der Waals surface area contributed by atoms with Crippen LogP contribution >= 0.6 is 31.9 Å². The summed E-state index contributed by atoms with van der Waals surface area (Å²) in [7, 11) is 1.41. The smallest absolute Gasteiger partial charge is 0.363 e. The van der Waals surface area contributed by atoms with E-state index >= 15 is 0 Å². The molecule has 12 heteroatoms. The highest BCUT2D eigenvalue weighted by Gasteiger charge is 2.27. The van der Waals surface area contributed by atoms with Gasteiger partial charge in [0, 0.05) is 22.5 Å². The van der Waals surface area contributed by atoms with Gasteiger partial charge in [-0.25, -0.2) is 14.6 Å². The second-order valence-corrected chi connectivity index (χ2v) is 9.83. The lowest BCUT2D eigenvalue weighted by Gasteiger charge is -2.11. The van der Waals surface area contributed by atoms with Crippen LogP contribution in [0.3, 0.4) is 0 Å². The van der Waals surface area contributed by atoms with E-state index in [0.29, 0.717) is 31.6 Å². The SMILES string of the molecule is COc1cc(C2=N/C(=C\c3cc(Br)cc(Br)c3OC(=O)c3ccc4c(c3)OCO4)C(=O)O2)ccc1OC(C)=O. The van der Waals surface area contributed by atoms with Crippen LogP contribution in [0.5, 0.6) is 28.7 Å². The van der Waals surface area contributed by atoms with Gasteiger partial charge in [-0.05, 0) is 70.5 Å². The van der Waals surface area contributed by atoms with E-state index in [1.807, 2.05) is 0 Å². The number of ether oxygens (including phenoxy) is 6. The fraction of sp³-hybridized carbons (Fsp3) is 0.111. The van der Waals surface area contributed by atoms with Gasteiger partial charge in [0.25, 0.3) is 0 Å². The summed E-state index contributed by atoms with van der Waals surface area (Å²) >= 11 is 6.83. The van der Waals surface area contributed by atoms with Crippen LogP contribution in [0.2, 0.25) is 0 Å². The Balaban J connectivity index is 1.46. The molecule has 0 spiro atoms. The van der Waals surface area contributed by atoms with Crippen LogP contribution in [0.15, 0.2) is 68.2 Å². The van der Waals surface area contributed by atoms with Gasteiger partial charge in [-0.3, -0.25) is 4.79 Å². The summed E-state index contributed by atoms with van der Waals surface area (Å²) in [4.78, 5) is 41.3. The fourth-order valence-corrected chi connectivity index (χ4v) is 5.03. The molecule has 0 unspecified atom stereocenters. The third kappa shape index (κ3) is 5.66. The lowest BCUT2D eigenvalue weighted by atomic mass is 10.1. The molecule has 0 N–H and O–H groups in total. The molecule has 10 nitrogen and oxygen atoms in total. The molecule has 5 rings (SSSR count). The predicted octanol–water partition coefficient (Wildman–Crippen LogP) is 5.44. The number of fused-ring (bicyclic) bond motifs is 1. The minimum atomic E-state index is -0.711. The van der Waals surface area contributed by atoms with Crippen molar-refractivity contribution in [3.63, 3.8) is 0 Å². The third-order valence-corrected chi connectivity index (χ3v) is 6.46. The molecule has 0 amide bonds. The van der Waals surface area contributed by atoms with Crippen molar-refractivity contribution in [3.05, 3.63) is 79.9 Å². The third-order valence-electron chi connectivity index (χ3n) is 5.42. The number of hydrogen-bond acceptors (Lipinski definition) is 10. The standard InChI is InChI=1S/C27H17Br2NO9/c1-13(31)37-21-6-3-14(9-22(21)34-2)25-30-19(27(33)39-25)8-16-7-17(28)11-18(29)24(16)38-26(32)15-4-5-20-23(10-15)36-12-35-20/h3-11H,12H2,1-2H3/b19-8-. The van der Waals surface area contributed by atoms with Gasteiger partial charge in [-0.1, -0.05) is 15.9 Å². The van der Waals surface area contributed by atoms with Gasteiger partial charge in [0.15, 0.2) is 34.4 Å². The first-order chi connectivity index (χ1) is 18.7. The molecular weight excluding hydrogens is 642 g/mol. The molecule has 0 aromatic heterocycles. The van der Waals surface area contributed by atoms with E-state index in [-0.39, 0.29) is 41.2 Å². The Morgan fingerprint density at radius 3 is 2.54 bits per heavy atom. The molecule has 0 saturated carbocycles. The summed E-state index contributed by atoms with van der Waals surface area (Å²) in [6, 6.07) is 12.7. The summed E-state index contributed by atoms with van der Waals surface area (Å²) in [6.07, 6.45) is 1.44. The van der Waals surface area contributed by atoms with Crippen LogP contribution in [0.1, 0.15) is 28.4 Å². The van der Waals surface area contributed by atoms with E-state index in [1.165, 1.54) is 38.3 Å². The minimum absolute atomic E-state index is 0.0203.